The Kier molecular flexibility index (Phi) is 5.59. The van der Waals surface area contributed by atoms with Crippen LogP contribution in [-0.2, 0) is 6.54 Å². The number of carbonyl (C=O) groups excluding carboxylic acids is 1. The first kappa shape index (κ1) is 14.9. The summed E-state index contributed by atoms with van der Waals surface area (Å²) in [5.74, 6) is 0. The van der Waals surface area contributed by atoms with Crippen molar-refractivity contribution in [2.24, 2.45) is 0 Å². The maximum Gasteiger partial charge on any atom is 0.326 e. The highest BCUT2D eigenvalue weighted by molar-refractivity contribution is 5.92. The van der Waals surface area contributed by atoms with Gasteiger partial charge in [-0.15, -0.1) is 0 Å². The smallest absolute Gasteiger partial charge is 0.315 e. The number of rotatable bonds is 5. The molecule has 0 aliphatic carbocycles. The van der Waals surface area contributed by atoms with E-state index in [-0.39, 0.29) is 6.03 Å². The van der Waals surface area contributed by atoms with Gasteiger partial charge in [0.1, 0.15) is 0 Å². The highest BCUT2D eigenvalue weighted by Gasteiger charge is 2.14. The van der Waals surface area contributed by atoms with Crippen LogP contribution in [0.1, 0.15) is 18.9 Å². The van der Waals surface area contributed by atoms with Crippen LogP contribution >= 0.6 is 0 Å². The number of urea groups is 1. The molecule has 3 heteroatoms. The normalized spacial score (nSPS) is 10.5. The molecule has 2 rings (SSSR count). The largest absolute Gasteiger partial charge is 0.326 e. The number of allylic oxidation sites excluding steroid dienone is 1. The van der Waals surface area contributed by atoms with Crippen LogP contribution in [0.4, 0.5) is 10.5 Å². The minimum absolute atomic E-state index is 0.130. The van der Waals surface area contributed by atoms with Gasteiger partial charge in [-0.05, 0) is 24.1 Å². The van der Waals surface area contributed by atoms with Gasteiger partial charge in [-0.25, -0.2) is 4.79 Å². The van der Waals surface area contributed by atoms with Gasteiger partial charge in [-0.3, -0.25) is 4.90 Å². The zero-order chi connectivity index (χ0) is 14.9. The van der Waals surface area contributed by atoms with Gasteiger partial charge >= 0.3 is 6.03 Å². The van der Waals surface area contributed by atoms with E-state index in [0.29, 0.717) is 6.54 Å². The minimum atomic E-state index is -0.130. The Labute approximate surface area is 125 Å². The first-order chi connectivity index (χ1) is 10.3. The van der Waals surface area contributed by atoms with E-state index >= 15 is 0 Å². The van der Waals surface area contributed by atoms with Gasteiger partial charge in [0.2, 0.25) is 0 Å². The zero-order valence-electron chi connectivity index (χ0n) is 12.2. The first-order valence-electron chi connectivity index (χ1n) is 7.13. The third-order valence-corrected chi connectivity index (χ3v) is 3.06. The van der Waals surface area contributed by atoms with Crippen LogP contribution in [0.25, 0.3) is 0 Å². The summed E-state index contributed by atoms with van der Waals surface area (Å²) in [5, 5.41) is 2.81. The molecule has 0 heterocycles. The van der Waals surface area contributed by atoms with Gasteiger partial charge in [0.15, 0.2) is 0 Å². The van der Waals surface area contributed by atoms with Crippen molar-refractivity contribution in [2.75, 3.05) is 4.90 Å². The summed E-state index contributed by atoms with van der Waals surface area (Å²) in [4.78, 5) is 14.1. The van der Waals surface area contributed by atoms with E-state index in [1.54, 1.807) is 11.1 Å². The summed E-state index contributed by atoms with van der Waals surface area (Å²) in [6, 6.07) is 19.5. The van der Waals surface area contributed by atoms with E-state index in [4.69, 9.17) is 0 Å². The van der Waals surface area contributed by atoms with E-state index in [1.165, 1.54) is 0 Å². The second-order valence-corrected chi connectivity index (χ2v) is 4.67. The van der Waals surface area contributed by atoms with Gasteiger partial charge in [-0.1, -0.05) is 61.5 Å². The predicted molar refractivity (Wildman–Crippen MR) is 87.0 cm³/mol. The SMILES string of the molecule is CC/C=C/NC(=O)N(Cc1ccccc1)c1ccccc1. The maximum atomic E-state index is 12.4. The third kappa shape index (κ3) is 4.49. The van der Waals surface area contributed by atoms with Crippen LogP contribution in [-0.4, -0.2) is 6.03 Å². The highest BCUT2D eigenvalue weighted by Crippen LogP contribution is 2.17. The molecule has 0 spiro atoms. The monoisotopic (exact) mass is 280 g/mol. The van der Waals surface area contributed by atoms with Crippen LogP contribution in [0.5, 0.6) is 0 Å². The molecule has 0 radical (unpaired) electrons. The molecule has 1 N–H and O–H groups in total. The van der Waals surface area contributed by atoms with E-state index in [0.717, 1.165) is 17.7 Å². The van der Waals surface area contributed by atoms with Gasteiger partial charge in [0.05, 0.1) is 6.54 Å². The molecule has 2 aromatic carbocycles. The van der Waals surface area contributed by atoms with E-state index in [9.17, 15) is 4.79 Å². The van der Waals surface area contributed by atoms with Crippen molar-refractivity contribution in [3.8, 4) is 0 Å². The van der Waals surface area contributed by atoms with E-state index in [2.05, 4.69) is 5.32 Å². The average Bonchev–Trinajstić information content (AvgIpc) is 2.54. The Bertz CT molecular complexity index is 579. The summed E-state index contributed by atoms with van der Waals surface area (Å²) in [7, 11) is 0. The molecular weight excluding hydrogens is 260 g/mol. The van der Waals surface area contributed by atoms with Crippen molar-refractivity contribution in [3.63, 3.8) is 0 Å². The molecular formula is C18H20N2O. The molecule has 0 unspecified atom stereocenters. The van der Waals surface area contributed by atoms with Crippen molar-refractivity contribution < 1.29 is 4.79 Å². The molecule has 0 saturated heterocycles. The summed E-state index contributed by atoms with van der Waals surface area (Å²) in [6.07, 6.45) is 4.51. The zero-order valence-corrected chi connectivity index (χ0v) is 12.2. The lowest BCUT2D eigenvalue weighted by molar-refractivity contribution is 0.249. The van der Waals surface area contributed by atoms with Crippen molar-refractivity contribution in [3.05, 3.63) is 78.5 Å². The molecule has 2 aromatic rings. The Morgan fingerprint density at radius 3 is 2.29 bits per heavy atom. The number of nitrogens with zero attached hydrogens (tertiary/aromatic N) is 1. The van der Waals surface area contributed by atoms with Gasteiger partial charge in [0, 0.05) is 11.9 Å². The molecule has 0 fully saturated rings. The van der Waals surface area contributed by atoms with Crippen LogP contribution in [0.15, 0.2) is 72.9 Å². The lowest BCUT2D eigenvalue weighted by Crippen LogP contribution is -2.37. The molecule has 0 bridgehead atoms. The summed E-state index contributed by atoms with van der Waals surface area (Å²) in [5.41, 5.74) is 1.97. The topological polar surface area (TPSA) is 32.3 Å². The summed E-state index contributed by atoms with van der Waals surface area (Å²) in [6.45, 7) is 2.57. The van der Waals surface area contributed by atoms with E-state index < -0.39 is 0 Å². The lowest BCUT2D eigenvalue weighted by Gasteiger charge is -2.22. The van der Waals surface area contributed by atoms with Gasteiger partial charge in [-0.2, -0.15) is 0 Å². The quantitative estimate of drug-likeness (QED) is 0.868. The molecule has 0 aliphatic rings. The van der Waals surface area contributed by atoms with Crippen molar-refractivity contribution in [1.82, 2.24) is 5.32 Å². The third-order valence-electron chi connectivity index (χ3n) is 3.06. The number of amides is 2. The first-order valence-corrected chi connectivity index (χ1v) is 7.13. The van der Waals surface area contributed by atoms with Crippen molar-refractivity contribution in [1.29, 1.82) is 0 Å². The Morgan fingerprint density at radius 1 is 1.05 bits per heavy atom. The molecule has 0 aliphatic heterocycles. The van der Waals surface area contributed by atoms with Crippen LogP contribution in [0.3, 0.4) is 0 Å². The fourth-order valence-corrected chi connectivity index (χ4v) is 1.98. The number of benzene rings is 2. The number of nitrogens with one attached hydrogen (secondary N) is 1. The summed E-state index contributed by atoms with van der Waals surface area (Å²) < 4.78 is 0. The molecule has 0 saturated carbocycles. The second-order valence-electron chi connectivity index (χ2n) is 4.67. The fraction of sp³-hybridized carbons (Fsp3) is 0.167. The Hall–Kier alpha value is -2.55. The molecule has 0 aromatic heterocycles. The Balaban J connectivity index is 2.18. The minimum Gasteiger partial charge on any atom is -0.315 e. The average molecular weight is 280 g/mol. The number of para-hydroxylation sites is 1. The second kappa shape index (κ2) is 7.90. The van der Waals surface area contributed by atoms with Gasteiger partial charge < -0.3 is 5.32 Å². The number of anilines is 1. The summed E-state index contributed by atoms with van der Waals surface area (Å²) >= 11 is 0. The molecule has 108 valence electrons. The standard InChI is InChI=1S/C18H20N2O/c1-2-3-14-19-18(21)20(17-12-8-5-9-13-17)15-16-10-6-4-7-11-16/h3-14H,2,15H2,1H3,(H,19,21)/b14-3+. The highest BCUT2D eigenvalue weighted by atomic mass is 16.2. The van der Waals surface area contributed by atoms with Crippen molar-refractivity contribution >= 4 is 11.7 Å². The fourth-order valence-electron chi connectivity index (χ4n) is 1.98. The maximum absolute atomic E-state index is 12.4. The van der Waals surface area contributed by atoms with Crippen molar-refractivity contribution in [2.45, 2.75) is 19.9 Å². The van der Waals surface area contributed by atoms with Gasteiger partial charge in [0.25, 0.3) is 0 Å². The van der Waals surface area contributed by atoms with Crippen LogP contribution in [0.2, 0.25) is 0 Å². The molecule has 21 heavy (non-hydrogen) atoms. The number of hydrogen-bond acceptors (Lipinski definition) is 1. The number of hydrogen-bond donors (Lipinski definition) is 1. The van der Waals surface area contributed by atoms with Crippen LogP contribution < -0.4 is 10.2 Å². The predicted octanol–water partition coefficient (Wildman–Crippen LogP) is 4.33. The number of carbonyl (C=O) groups is 1. The molecule has 3 nitrogen and oxygen atoms in total. The molecule has 2 amide bonds. The molecule has 0 atom stereocenters. The van der Waals surface area contributed by atoms with Crippen LogP contribution in [0, 0.1) is 0 Å². The lowest BCUT2D eigenvalue weighted by atomic mass is 10.2. The Morgan fingerprint density at radius 2 is 1.67 bits per heavy atom. The van der Waals surface area contributed by atoms with E-state index in [1.807, 2.05) is 73.7 Å².